The predicted octanol–water partition coefficient (Wildman–Crippen LogP) is 1.36. The SMILES string of the molecule is CC(C)(C)C(=O)ON1CC=CC1. The number of nitrogens with zero attached hydrogens (tertiary/aromatic N) is 1. The zero-order chi connectivity index (χ0) is 9.19. The first kappa shape index (κ1) is 9.26. The van der Waals surface area contributed by atoms with E-state index in [2.05, 4.69) is 0 Å². The van der Waals surface area contributed by atoms with E-state index in [0.29, 0.717) is 13.1 Å². The second kappa shape index (κ2) is 3.27. The quantitative estimate of drug-likeness (QED) is 0.555. The molecular formula is C9H15NO2. The van der Waals surface area contributed by atoms with Crippen LogP contribution in [0.2, 0.25) is 0 Å². The molecule has 3 heteroatoms. The van der Waals surface area contributed by atoms with Gasteiger partial charge in [0, 0.05) is 0 Å². The second-order valence-electron chi connectivity index (χ2n) is 3.95. The monoisotopic (exact) mass is 169 g/mol. The minimum atomic E-state index is -0.414. The molecule has 0 unspecified atom stereocenters. The van der Waals surface area contributed by atoms with Crippen LogP contribution < -0.4 is 0 Å². The van der Waals surface area contributed by atoms with Crippen LogP contribution in [0.4, 0.5) is 0 Å². The highest BCUT2D eigenvalue weighted by Gasteiger charge is 2.25. The lowest BCUT2D eigenvalue weighted by atomic mass is 9.98. The molecule has 3 nitrogen and oxygen atoms in total. The summed E-state index contributed by atoms with van der Waals surface area (Å²) in [7, 11) is 0. The molecule has 0 aromatic rings. The van der Waals surface area contributed by atoms with Crippen molar-refractivity contribution in [2.24, 2.45) is 5.41 Å². The number of hydrogen-bond donors (Lipinski definition) is 0. The van der Waals surface area contributed by atoms with E-state index in [1.54, 1.807) is 5.06 Å². The Bertz CT molecular complexity index is 195. The topological polar surface area (TPSA) is 29.5 Å². The van der Waals surface area contributed by atoms with Gasteiger partial charge in [0.1, 0.15) is 0 Å². The Labute approximate surface area is 73.0 Å². The Hall–Kier alpha value is -0.830. The maximum absolute atomic E-state index is 11.3. The molecule has 0 atom stereocenters. The van der Waals surface area contributed by atoms with Gasteiger partial charge in [-0.05, 0) is 20.8 Å². The van der Waals surface area contributed by atoms with Crippen LogP contribution in [0.5, 0.6) is 0 Å². The third kappa shape index (κ3) is 2.34. The van der Waals surface area contributed by atoms with Crippen LogP contribution in [0.15, 0.2) is 12.2 Å². The number of hydrogen-bond acceptors (Lipinski definition) is 3. The number of carbonyl (C=O) groups is 1. The highest BCUT2D eigenvalue weighted by atomic mass is 16.7. The van der Waals surface area contributed by atoms with Crippen molar-refractivity contribution in [3.63, 3.8) is 0 Å². The van der Waals surface area contributed by atoms with Gasteiger partial charge in [-0.1, -0.05) is 12.2 Å². The second-order valence-corrected chi connectivity index (χ2v) is 3.95. The molecular weight excluding hydrogens is 154 g/mol. The molecule has 0 spiro atoms. The van der Waals surface area contributed by atoms with Gasteiger partial charge >= 0.3 is 5.97 Å². The molecule has 1 aliphatic heterocycles. The third-order valence-electron chi connectivity index (χ3n) is 1.61. The largest absolute Gasteiger partial charge is 0.367 e. The molecule has 0 fully saturated rings. The van der Waals surface area contributed by atoms with E-state index in [1.165, 1.54) is 0 Å². The zero-order valence-corrected chi connectivity index (χ0v) is 7.83. The molecule has 0 radical (unpaired) electrons. The summed E-state index contributed by atoms with van der Waals surface area (Å²) in [6, 6.07) is 0. The molecule has 0 amide bonds. The molecule has 0 bridgehead atoms. The van der Waals surface area contributed by atoms with Gasteiger partial charge < -0.3 is 4.84 Å². The fourth-order valence-electron chi connectivity index (χ4n) is 0.787. The van der Waals surface area contributed by atoms with E-state index in [9.17, 15) is 4.79 Å². The van der Waals surface area contributed by atoms with Crippen molar-refractivity contribution in [2.75, 3.05) is 13.1 Å². The van der Waals surface area contributed by atoms with Crippen LogP contribution in [-0.4, -0.2) is 24.1 Å². The summed E-state index contributed by atoms with van der Waals surface area (Å²) in [5, 5.41) is 1.65. The molecule has 1 heterocycles. The molecule has 0 aliphatic carbocycles. The first-order valence-corrected chi connectivity index (χ1v) is 4.12. The molecule has 68 valence electrons. The van der Waals surface area contributed by atoms with E-state index in [0.717, 1.165) is 0 Å². The van der Waals surface area contributed by atoms with Crippen molar-refractivity contribution in [3.05, 3.63) is 12.2 Å². The van der Waals surface area contributed by atoms with Gasteiger partial charge in [-0.15, -0.1) is 5.06 Å². The first-order chi connectivity index (χ1) is 5.50. The minimum Gasteiger partial charge on any atom is -0.367 e. The first-order valence-electron chi connectivity index (χ1n) is 4.12. The summed E-state index contributed by atoms with van der Waals surface area (Å²) in [6.07, 6.45) is 3.96. The highest BCUT2D eigenvalue weighted by Crippen LogP contribution is 2.16. The summed E-state index contributed by atoms with van der Waals surface area (Å²) >= 11 is 0. The van der Waals surface area contributed by atoms with Gasteiger partial charge in [-0.2, -0.15) is 0 Å². The molecule has 1 rings (SSSR count). The average molecular weight is 169 g/mol. The van der Waals surface area contributed by atoms with Crippen molar-refractivity contribution in [1.29, 1.82) is 0 Å². The van der Waals surface area contributed by atoms with Crippen LogP contribution in [0.3, 0.4) is 0 Å². The van der Waals surface area contributed by atoms with E-state index >= 15 is 0 Å². The van der Waals surface area contributed by atoms with Crippen LogP contribution >= 0.6 is 0 Å². The average Bonchev–Trinajstić information content (AvgIpc) is 2.37. The Morgan fingerprint density at radius 2 is 1.83 bits per heavy atom. The Kier molecular flexibility index (Phi) is 2.52. The van der Waals surface area contributed by atoms with Gasteiger partial charge in [0.05, 0.1) is 18.5 Å². The molecule has 0 saturated heterocycles. The Morgan fingerprint density at radius 1 is 1.33 bits per heavy atom. The van der Waals surface area contributed by atoms with E-state index < -0.39 is 5.41 Å². The molecule has 0 saturated carbocycles. The van der Waals surface area contributed by atoms with Crippen molar-refractivity contribution in [1.82, 2.24) is 5.06 Å². The summed E-state index contributed by atoms with van der Waals surface area (Å²) in [4.78, 5) is 16.4. The van der Waals surface area contributed by atoms with Crippen LogP contribution in [0.1, 0.15) is 20.8 Å². The number of rotatable bonds is 1. The lowest BCUT2D eigenvalue weighted by Crippen LogP contribution is -2.31. The standard InChI is InChI=1S/C9H15NO2/c1-9(2,3)8(11)12-10-6-4-5-7-10/h4-5H,6-7H2,1-3H3. The molecule has 12 heavy (non-hydrogen) atoms. The molecule has 0 N–H and O–H groups in total. The Balaban J connectivity index is 2.36. The van der Waals surface area contributed by atoms with Crippen molar-refractivity contribution < 1.29 is 9.63 Å². The smallest absolute Gasteiger partial charge is 0.330 e. The molecule has 0 aromatic heterocycles. The summed E-state index contributed by atoms with van der Waals surface area (Å²) in [5.74, 6) is -0.175. The normalized spacial score (nSPS) is 18.2. The van der Waals surface area contributed by atoms with E-state index in [4.69, 9.17) is 4.84 Å². The van der Waals surface area contributed by atoms with Gasteiger partial charge in [0.25, 0.3) is 0 Å². The third-order valence-corrected chi connectivity index (χ3v) is 1.61. The van der Waals surface area contributed by atoms with Crippen molar-refractivity contribution in [3.8, 4) is 0 Å². The van der Waals surface area contributed by atoms with Crippen LogP contribution in [0, 0.1) is 5.41 Å². The van der Waals surface area contributed by atoms with Gasteiger partial charge in [-0.3, -0.25) is 0 Å². The predicted molar refractivity (Wildman–Crippen MR) is 46.3 cm³/mol. The van der Waals surface area contributed by atoms with Gasteiger partial charge in [-0.25, -0.2) is 4.79 Å². The van der Waals surface area contributed by atoms with Crippen LogP contribution in [0.25, 0.3) is 0 Å². The van der Waals surface area contributed by atoms with E-state index in [1.807, 2.05) is 32.9 Å². The highest BCUT2D eigenvalue weighted by molar-refractivity contribution is 5.75. The number of hydroxylamine groups is 2. The lowest BCUT2D eigenvalue weighted by molar-refractivity contribution is -0.193. The van der Waals surface area contributed by atoms with Gasteiger partial charge in [0.2, 0.25) is 0 Å². The molecule has 0 aromatic carbocycles. The van der Waals surface area contributed by atoms with Gasteiger partial charge in [0.15, 0.2) is 0 Å². The summed E-state index contributed by atoms with van der Waals surface area (Å²) in [6.45, 7) is 6.96. The fourth-order valence-corrected chi connectivity index (χ4v) is 0.787. The summed E-state index contributed by atoms with van der Waals surface area (Å²) < 4.78 is 0. The molecule has 1 aliphatic rings. The maximum atomic E-state index is 11.3. The van der Waals surface area contributed by atoms with Crippen molar-refractivity contribution in [2.45, 2.75) is 20.8 Å². The van der Waals surface area contributed by atoms with E-state index in [-0.39, 0.29) is 5.97 Å². The maximum Gasteiger partial charge on any atom is 0.330 e. The van der Waals surface area contributed by atoms with Crippen LogP contribution in [-0.2, 0) is 9.63 Å². The zero-order valence-electron chi connectivity index (χ0n) is 7.83. The lowest BCUT2D eigenvalue weighted by Gasteiger charge is -2.21. The van der Waals surface area contributed by atoms with Crippen molar-refractivity contribution >= 4 is 5.97 Å². The minimum absolute atomic E-state index is 0.175. The summed E-state index contributed by atoms with van der Waals surface area (Å²) in [5.41, 5.74) is -0.414. The fraction of sp³-hybridized carbons (Fsp3) is 0.667. The Morgan fingerprint density at radius 3 is 2.25 bits per heavy atom. The number of carbonyl (C=O) groups excluding carboxylic acids is 1.